The predicted molar refractivity (Wildman–Crippen MR) is 133 cm³/mol. The highest BCUT2D eigenvalue weighted by Crippen LogP contribution is 2.22. The van der Waals surface area contributed by atoms with Gasteiger partial charge in [0.2, 0.25) is 5.91 Å². The number of hydrogen-bond donors (Lipinski definition) is 1. The van der Waals surface area contributed by atoms with E-state index in [1.54, 1.807) is 66.9 Å². The number of Topliss-reactive ketones (excluding diaryl/α,β-unsaturated/α-hetero) is 1. The number of imide groups is 1. The number of carbonyl (C=O) groups is 3. The summed E-state index contributed by atoms with van der Waals surface area (Å²) in [5.74, 6) is 0.228. The minimum Gasteiger partial charge on any atom is -0.496 e. The first-order chi connectivity index (χ1) is 15.8. The summed E-state index contributed by atoms with van der Waals surface area (Å²) in [6.07, 6.45) is -0.746. The van der Waals surface area contributed by atoms with Gasteiger partial charge in [-0.2, -0.15) is 0 Å². The molecule has 2 aromatic carbocycles. The molecule has 0 bridgehead atoms. The van der Waals surface area contributed by atoms with E-state index in [1.807, 2.05) is 30.3 Å². The van der Waals surface area contributed by atoms with Gasteiger partial charge in [-0.3, -0.25) is 9.59 Å². The largest absolute Gasteiger partial charge is 0.496 e. The third-order valence-corrected chi connectivity index (χ3v) is 4.92. The van der Waals surface area contributed by atoms with Crippen molar-refractivity contribution in [3.63, 3.8) is 0 Å². The van der Waals surface area contributed by atoms with Gasteiger partial charge in [0.15, 0.2) is 5.78 Å². The molecule has 0 saturated heterocycles. The molecule has 0 heterocycles. The van der Waals surface area contributed by atoms with Gasteiger partial charge >= 0.3 is 6.09 Å². The SMILES string of the molecule is COc1ccccc1CNc1cccc(C(=O)CCN(C(=O)OC(C)(C)C)C(=O)C(C)(C)C)c1. The number of rotatable bonds is 8. The van der Waals surface area contributed by atoms with Gasteiger partial charge in [0.25, 0.3) is 0 Å². The number of anilines is 1. The second-order valence-corrected chi connectivity index (χ2v) is 10.1. The van der Waals surface area contributed by atoms with Gasteiger partial charge in [-0.1, -0.05) is 51.1 Å². The number of ether oxygens (including phenoxy) is 2. The molecule has 0 saturated carbocycles. The first kappa shape index (κ1) is 26.9. The highest BCUT2D eigenvalue weighted by Gasteiger charge is 2.34. The summed E-state index contributed by atoms with van der Waals surface area (Å²) in [6.45, 7) is 10.9. The number of benzene rings is 2. The van der Waals surface area contributed by atoms with E-state index in [0.29, 0.717) is 12.1 Å². The van der Waals surface area contributed by atoms with Crippen LogP contribution in [0.15, 0.2) is 48.5 Å². The Bertz CT molecular complexity index is 1020. The number of nitrogens with one attached hydrogen (secondary N) is 1. The minimum atomic E-state index is -0.789. The highest BCUT2D eigenvalue weighted by atomic mass is 16.6. The zero-order valence-corrected chi connectivity index (χ0v) is 21.2. The van der Waals surface area contributed by atoms with Crippen molar-refractivity contribution in [3.05, 3.63) is 59.7 Å². The molecule has 0 radical (unpaired) electrons. The van der Waals surface area contributed by atoms with Crippen LogP contribution >= 0.6 is 0 Å². The Balaban J connectivity index is 2.09. The van der Waals surface area contributed by atoms with Crippen LogP contribution < -0.4 is 10.1 Å². The lowest BCUT2D eigenvalue weighted by atomic mass is 9.94. The molecule has 0 atom stereocenters. The summed E-state index contributed by atoms with van der Waals surface area (Å²) in [4.78, 5) is 39.5. The van der Waals surface area contributed by atoms with Crippen LogP contribution in [-0.4, -0.2) is 41.9 Å². The zero-order valence-electron chi connectivity index (χ0n) is 21.2. The van der Waals surface area contributed by atoms with Gasteiger partial charge in [0.05, 0.1) is 7.11 Å². The maximum absolute atomic E-state index is 12.9. The number of nitrogens with zero attached hydrogens (tertiary/aromatic N) is 1. The van der Waals surface area contributed by atoms with Gasteiger partial charge in [0, 0.05) is 41.7 Å². The average Bonchev–Trinajstić information content (AvgIpc) is 2.76. The van der Waals surface area contributed by atoms with Crippen LogP contribution in [0.5, 0.6) is 5.75 Å². The van der Waals surface area contributed by atoms with Gasteiger partial charge in [0.1, 0.15) is 11.4 Å². The predicted octanol–water partition coefficient (Wildman–Crippen LogP) is 5.69. The van der Waals surface area contributed by atoms with Crippen LogP contribution in [0.1, 0.15) is 63.9 Å². The van der Waals surface area contributed by atoms with E-state index in [9.17, 15) is 14.4 Å². The van der Waals surface area contributed by atoms with Crippen LogP contribution in [0.3, 0.4) is 0 Å². The molecule has 184 valence electrons. The molecule has 1 N–H and O–H groups in total. The van der Waals surface area contributed by atoms with Crippen molar-refractivity contribution < 1.29 is 23.9 Å². The normalized spacial score (nSPS) is 11.5. The molecule has 0 spiro atoms. The van der Waals surface area contributed by atoms with Crippen molar-refractivity contribution in [1.29, 1.82) is 0 Å². The quantitative estimate of drug-likeness (QED) is 0.501. The average molecular weight is 469 g/mol. The maximum Gasteiger partial charge on any atom is 0.417 e. The number of methoxy groups -OCH3 is 1. The molecule has 7 nitrogen and oxygen atoms in total. The molecule has 2 aromatic rings. The number of carbonyl (C=O) groups excluding carboxylic acids is 3. The lowest BCUT2D eigenvalue weighted by Crippen LogP contribution is -2.46. The minimum absolute atomic E-state index is 0.00295. The first-order valence-electron chi connectivity index (χ1n) is 11.4. The van der Waals surface area contributed by atoms with E-state index in [2.05, 4.69) is 5.32 Å². The second-order valence-electron chi connectivity index (χ2n) is 10.1. The Hall–Kier alpha value is -3.35. The molecule has 2 amide bonds. The summed E-state index contributed by atoms with van der Waals surface area (Å²) in [5, 5.41) is 3.31. The molecule has 0 aliphatic rings. The van der Waals surface area contributed by atoms with Crippen molar-refractivity contribution in [2.24, 2.45) is 5.41 Å². The summed E-state index contributed by atoms with van der Waals surface area (Å²) < 4.78 is 10.8. The second kappa shape index (κ2) is 11.2. The van der Waals surface area contributed by atoms with Crippen molar-refractivity contribution >= 4 is 23.5 Å². The number of ketones is 1. The Morgan fingerprint density at radius 3 is 2.24 bits per heavy atom. The first-order valence-corrected chi connectivity index (χ1v) is 11.4. The van der Waals surface area contributed by atoms with Crippen molar-refractivity contribution in [2.45, 2.75) is 60.1 Å². The van der Waals surface area contributed by atoms with Crippen molar-refractivity contribution in [1.82, 2.24) is 4.90 Å². The maximum atomic E-state index is 12.9. The monoisotopic (exact) mass is 468 g/mol. The van der Waals surface area contributed by atoms with Crippen molar-refractivity contribution in [3.8, 4) is 5.75 Å². The zero-order chi connectivity index (χ0) is 25.5. The summed E-state index contributed by atoms with van der Waals surface area (Å²) in [7, 11) is 1.63. The van der Waals surface area contributed by atoms with Gasteiger partial charge < -0.3 is 14.8 Å². The molecule has 0 aromatic heterocycles. The number of amides is 2. The van der Waals surface area contributed by atoms with Crippen LogP contribution in [0.4, 0.5) is 10.5 Å². The Labute approximate surface area is 202 Å². The van der Waals surface area contributed by atoms with Crippen LogP contribution in [0.2, 0.25) is 0 Å². The summed E-state index contributed by atoms with van der Waals surface area (Å²) in [6, 6.07) is 14.9. The van der Waals surface area contributed by atoms with E-state index in [4.69, 9.17) is 9.47 Å². The molecule has 7 heteroatoms. The van der Waals surface area contributed by atoms with E-state index < -0.39 is 17.1 Å². The highest BCUT2D eigenvalue weighted by molar-refractivity contribution is 5.99. The van der Waals surface area contributed by atoms with Crippen LogP contribution in [0.25, 0.3) is 0 Å². The van der Waals surface area contributed by atoms with E-state index >= 15 is 0 Å². The fourth-order valence-electron chi connectivity index (χ4n) is 3.20. The molecular formula is C27H36N2O5. The molecule has 2 rings (SSSR count). The molecular weight excluding hydrogens is 432 g/mol. The van der Waals surface area contributed by atoms with E-state index in [0.717, 1.165) is 21.9 Å². The van der Waals surface area contributed by atoms with Gasteiger partial charge in [-0.25, -0.2) is 9.69 Å². The summed E-state index contributed by atoms with van der Waals surface area (Å²) >= 11 is 0. The van der Waals surface area contributed by atoms with E-state index in [1.165, 1.54) is 0 Å². The third kappa shape index (κ3) is 7.90. The van der Waals surface area contributed by atoms with Gasteiger partial charge in [-0.15, -0.1) is 0 Å². The fourth-order valence-corrected chi connectivity index (χ4v) is 3.20. The number of para-hydroxylation sites is 1. The van der Waals surface area contributed by atoms with Gasteiger partial charge in [-0.05, 0) is 39.0 Å². The standard InChI is InChI=1S/C27H36N2O5/c1-26(2,3)24(31)29(25(32)34-27(4,5)6)16-15-22(30)19-12-10-13-21(17-19)28-18-20-11-8-9-14-23(20)33-7/h8-14,17,28H,15-16,18H2,1-7H3. The van der Waals surface area contributed by atoms with Crippen LogP contribution in [0, 0.1) is 5.41 Å². The molecule has 34 heavy (non-hydrogen) atoms. The molecule has 0 unspecified atom stereocenters. The fraction of sp³-hybridized carbons (Fsp3) is 0.444. The Kier molecular flexibility index (Phi) is 8.85. The molecule has 0 aliphatic heterocycles. The third-order valence-electron chi connectivity index (χ3n) is 4.92. The topological polar surface area (TPSA) is 84.9 Å². The lowest BCUT2D eigenvalue weighted by molar-refractivity contribution is -0.138. The Morgan fingerprint density at radius 1 is 0.941 bits per heavy atom. The lowest BCUT2D eigenvalue weighted by Gasteiger charge is -2.30. The van der Waals surface area contributed by atoms with Crippen LogP contribution in [-0.2, 0) is 16.1 Å². The van der Waals surface area contributed by atoms with Crippen molar-refractivity contribution in [2.75, 3.05) is 19.0 Å². The smallest absolute Gasteiger partial charge is 0.417 e. The molecule has 0 fully saturated rings. The summed E-state index contributed by atoms with van der Waals surface area (Å²) in [5.41, 5.74) is 0.737. The Morgan fingerprint density at radius 2 is 1.62 bits per heavy atom. The van der Waals surface area contributed by atoms with E-state index in [-0.39, 0.29) is 24.7 Å². The molecule has 0 aliphatic carbocycles. The number of hydrogen-bond acceptors (Lipinski definition) is 6.